The molecule has 1 aliphatic rings. The van der Waals surface area contributed by atoms with E-state index < -0.39 is 54.3 Å². The predicted molar refractivity (Wildman–Crippen MR) is 66.0 cm³/mol. The van der Waals surface area contributed by atoms with E-state index in [1.807, 2.05) is 0 Å². The number of hydrogen-bond acceptors (Lipinski definition) is 3. The Kier molecular flexibility index (Phi) is 4.36. The highest BCUT2D eigenvalue weighted by molar-refractivity contribution is 5.97. The van der Waals surface area contributed by atoms with Gasteiger partial charge in [0.1, 0.15) is 11.6 Å². The van der Waals surface area contributed by atoms with Crippen molar-refractivity contribution in [1.29, 1.82) is 0 Å². The molecular weight excluding hydrogens is 308 g/mol. The van der Waals surface area contributed by atoms with E-state index in [0.717, 1.165) is 0 Å². The Labute approximate surface area is 122 Å². The number of nitrogens with zero attached hydrogens (tertiary/aromatic N) is 1. The number of imide groups is 1. The molecule has 2 N–H and O–H groups in total. The molecule has 1 heterocycles. The van der Waals surface area contributed by atoms with Gasteiger partial charge in [-0.2, -0.15) is 8.78 Å². The molecule has 5 nitrogen and oxygen atoms in total. The second kappa shape index (κ2) is 5.91. The summed E-state index contributed by atoms with van der Waals surface area (Å²) in [7, 11) is 0. The van der Waals surface area contributed by atoms with E-state index in [1.165, 1.54) is 0 Å². The van der Waals surface area contributed by atoms with Crippen molar-refractivity contribution in [1.82, 2.24) is 10.2 Å². The van der Waals surface area contributed by atoms with Crippen LogP contribution in [0.2, 0.25) is 0 Å². The number of halogens is 4. The van der Waals surface area contributed by atoms with Gasteiger partial charge in [0, 0.05) is 12.5 Å². The summed E-state index contributed by atoms with van der Waals surface area (Å²) in [5.41, 5.74) is -1.11. The van der Waals surface area contributed by atoms with Gasteiger partial charge in [0.05, 0.1) is 24.8 Å². The maximum absolute atomic E-state index is 14.1. The molecule has 0 aromatic heterocycles. The second-order valence-corrected chi connectivity index (χ2v) is 4.84. The molecule has 0 spiro atoms. The van der Waals surface area contributed by atoms with E-state index in [1.54, 1.807) is 0 Å². The Morgan fingerprint density at radius 1 is 1.32 bits per heavy atom. The first-order chi connectivity index (χ1) is 10.2. The Balaban J connectivity index is 2.21. The van der Waals surface area contributed by atoms with Crippen molar-refractivity contribution in [3.63, 3.8) is 0 Å². The van der Waals surface area contributed by atoms with Crippen LogP contribution in [0.5, 0.6) is 0 Å². The Morgan fingerprint density at radius 2 is 2.00 bits per heavy atom. The van der Waals surface area contributed by atoms with Crippen LogP contribution in [0, 0.1) is 11.6 Å². The standard InChI is InChI=1S/C13H12F4N2O3/c14-7-1-2-9(10(15)3-7)13(16,17)6-19-11(21)4-8(5-20)18-12(19)22/h1-3,8,20H,4-6H2,(H,18,22). The lowest BCUT2D eigenvalue weighted by molar-refractivity contribution is -0.135. The average Bonchev–Trinajstić information content (AvgIpc) is 2.42. The fraction of sp³-hybridized carbons (Fsp3) is 0.385. The number of amides is 3. The zero-order chi connectivity index (χ0) is 16.5. The quantitative estimate of drug-likeness (QED) is 0.823. The number of benzene rings is 1. The van der Waals surface area contributed by atoms with Gasteiger partial charge in [-0.1, -0.05) is 0 Å². The second-order valence-electron chi connectivity index (χ2n) is 4.84. The summed E-state index contributed by atoms with van der Waals surface area (Å²) >= 11 is 0. The zero-order valence-electron chi connectivity index (χ0n) is 11.2. The first-order valence-electron chi connectivity index (χ1n) is 6.29. The van der Waals surface area contributed by atoms with Gasteiger partial charge in [0.2, 0.25) is 5.91 Å². The van der Waals surface area contributed by atoms with Gasteiger partial charge in [-0.25, -0.2) is 13.6 Å². The summed E-state index contributed by atoms with van der Waals surface area (Å²) in [5.74, 6) is -7.28. The smallest absolute Gasteiger partial charge is 0.324 e. The molecule has 0 radical (unpaired) electrons. The molecule has 3 amide bonds. The molecule has 1 aromatic carbocycles. The largest absolute Gasteiger partial charge is 0.394 e. The number of nitrogens with one attached hydrogen (secondary N) is 1. The predicted octanol–water partition coefficient (Wildman–Crippen LogP) is 1.36. The summed E-state index contributed by atoms with van der Waals surface area (Å²) in [6.45, 7) is -1.88. The third-order valence-corrected chi connectivity index (χ3v) is 3.20. The van der Waals surface area contributed by atoms with Gasteiger partial charge < -0.3 is 10.4 Å². The number of rotatable bonds is 4. The van der Waals surface area contributed by atoms with Crippen LogP contribution in [0.15, 0.2) is 18.2 Å². The molecular formula is C13H12F4N2O3. The molecule has 1 unspecified atom stereocenters. The Hall–Kier alpha value is -2.16. The average molecular weight is 320 g/mol. The summed E-state index contributed by atoms with van der Waals surface area (Å²) < 4.78 is 54.4. The fourth-order valence-corrected chi connectivity index (χ4v) is 2.08. The molecule has 2 rings (SSSR count). The van der Waals surface area contributed by atoms with Crippen molar-refractivity contribution in [2.75, 3.05) is 13.2 Å². The minimum absolute atomic E-state index is 0.245. The van der Waals surface area contributed by atoms with E-state index in [9.17, 15) is 27.2 Å². The Bertz CT molecular complexity index is 591. The SMILES string of the molecule is O=C1CC(CO)NC(=O)N1CC(F)(F)c1ccc(F)cc1F. The summed E-state index contributed by atoms with van der Waals surface area (Å²) in [6, 6.07) is -0.423. The van der Waals surface area contributed by atoms with Crippen molar-refractivity contribution in [3.8, 4) is 0 Å². The highest BCUT2D eigenvalue weighted by Gasteiger charge is 2.42. The van der Waals surface area contributed by atoms with Gasteiger partial charge in [0.15, 0.2) is 0 Å². The van der Waals surface area contributed by atoms with Crippen LogP contribution in [0.1, 0.15) is 12.0 Å². The maximum Gasteiger partial charge on any atom is 0.324 e. The van der Waals surface area contributed by atoms with Gasteiger partial charge in [0.25, 0.3) is 5.92 Å². The monoisotopic (exact) mass is 320 g/mol. The highest BCUT2D eigenvalue weighted by atomic mass is 19.3. The lowest BCUT2D eigenvalue weighted by Crippen LogP contribution is -2.57. The van der Waals surface area contributed by atoms with Crippen LogP contribution in [-0.2, 0) is 10.7 Å². The van der Waals surface area contributed by atoms with Crippen molar-refractivity contribution in [2.45, 2.75) is 18.4 Å². The molecule has 9 heteroatoms. The van der Waals surface area contributed by atoms with Gasteiger partial charge >= 0.3 is 6.03 Å². The third-order valence-electron chi connectivity index (χ3n) is 3.20. The van der Waals surface area contributed by atoms with Crippen LogP contribution in [0.25, 0.3) is 0 Å². The van der Waals surface area contributed by atoms with Crippen molar-refractivity contribution in [2.24, 2.45) is 0 Å². The number of alkyl halides is 2. The molecule has 1 fully saturated rings. The van der Waals surface area contributed by atoms with Crippen molar-refractivity contribution < 1.29 is 32.3 Å². The number of aliphatic hydroxyl groups is 1. The van der Waals surface area contributed by atoms with Crippen LogP contribution in [0.3, 0.4) is 0 Å². The van der Waals surface area contributed by atoms with E-state index >= 15 is 0 Å². The normalized spacial score (nSPS) is 19.3. The Morgan fingerprint density at radius 3 is 2.55 bits per heavy atom. The van der Waals surface area contributed by atoms with Crippen molar-refractivity contribution in [3.05, 3.63) is 35.4 Å². The van der Waals surface area contributed by atoms with E-state index in [0.29, 0.717) is 18.2 Å². The van der Waals surface area contributed by atoms with E-state index in [4.69, 9.17) is 5.11 Å². The molecule has 1 atom stereocenters. The maximum atomic E-state index is 14.1. The lowest BCUT2D eigenvalue weighted by atomic mass is 10.1. The van der Waals surface area contributed by atoms with E-state index in [-0.39, 0.29) is 11.3 Å². The first-order valence-corrected chi connectivity index (χ1v) is 6.29. The molecule has 0 saturated carbocycles. The van der Waals surface area contributed by atoms with Gasteiger partial charge in [-0.15, -0.1) is 0 Å². The summed E-state index contributed by atoms with van der Waals surface area (Å²) in [5, 5.41) is 11.0. The van der Waals surface area contributed by atoms with Crippen LogP contribution in [-0.4, -0.2) is 41.1 Å². The van der Waals surface area contributed by atoms with Crippen LogP contribution in [0.4, 0.5) is 22.4 Å². The topological polar surface area (TPSA) is 69.6 Å². The lowest BCUT2D eigenvalue weighted by Gasteiger charge is -2.32. The third kappa shape index (κ3) is 3.19. The van der Waals surface area contributed by atoms with Crippen LogP contribution >= 0.6 is 0 Å². The first kappa shape index (κ1) is 16.2. The number of carbonyl (C=O) groups is 2. The summed E-state index contributed by atoms with van der Waals surface area (Å²) in [4.78, 5) is 23.6. The number of hydrogen-bond donors (Lipinski definition) is 2. The van der Waals surface area contributed by atoms with Crippen molar-refractivity contribution >= 4 is 11.9 Å². The molecule has 22 heavy (non-hydrogen) atoms. The molecule has 0 aliphatic carbocycles. The number of aliphatic hydroxyl groups excluding tert-OH is 1. The molecule has 1 aromatic rings. The van der Waals surface area contributed by atoms with E-state index in [2.05, 4.69) is 5.32 Å². The number of carbonyl (C=O) groups excluding carboxylic acids is 2. The highest BCUT2D eigenvalue weighted by Crippen LogP contribution is 2.32. The van der Waals surface area contributed by atoms with Gasteiger partial charge in [-0.3, -0.25) is 9.69 Å². The minimum atomic E-state index is -3.88. The summed E-state index contributed by atoms with van der Waals surface area (Å²) in [6.07, 6.45) is -0.343. The number of urea groups is 1. The fourth-order valence-electron chi connectivity index (χ4n) is 2.08. The van der Waals surface area contributed by atoms with Crippen LogP contribution < -0.4 is 5.32 Å². The zero-order valence-corrected chi connectivity index (χ0v) is 11.2. The molecule has 1 aliphatic heterocycles. The van der Waals surface area contributed by atoms with Gasteiger partial charge in [-0.05, 0) is 12.1 Å². The molecule has 120 valence electrons. The minimum Gasteiger partial charge on any atom is -0.394 e. The molecule has 1 saturated heterocycles. The molecule has 0 bridgehead atoms.